The maximum atomic E-state index is 11.7. The van der Waals surface area contributed by atoms with E-state index in [1.54, 1.807) is 18.2 Å². The molecule has 0 spiro atoms. The van der Waals surface area contributed by atoms with Crippen LogP contribution in [0.3, 0.4) is 0 Å². The molecule has 0 aromatic heterocycles. The van der Waals surface area contributed by atoms with Gasteiger partial charge in [-0.1, -0.05) is 95.4 Å². The van der Waals surface area contributed by atoms with E-state index in [0.29, 0.717) is 0 Å². The summed E-state index contributed by atoms with van der Waals surface area (Å²) in [6, 6.07) is 6.90. The van der Waals surface area contributed by atoms with Crippen molar-refractivity contribution < 1.29 is 9.90 Å². The normalized spacial score (nSPS) is 12.4. The maximum Gasteiger partial charge on any atom is 0.224 e. The molecule has 1 aromatic carbocycles. The fourth-order valence-corrected chi connectivity index (χ4v) is 3.81. The number of rotatable bonds is 18. The first-order valence-corrected chi connectivity index (χ1v) is 11.9. The number of allylic oxidation sites excluding steroid dienone is 2. The van der Waals surface area contributed by atoms with Crippen molar-refractivity contribution in [3.63, 3.8) is 0 Å². The van der Waals surface area contributed by atoms with Gasteiger partial charge in [0.2, 0.25) is 5.91 Å². The van der Waals surface area contributed by atoms with Crippen LogP contribution in [0.4, 0.5) is 0 Å². The number of unbranched alkanes of at least 4 members (excludes halogenated alkanes) is 12. The lowest BCUT2D eigenvalue weighted by molar-refractivity contribution is -0.119. The number of phenolic OH excluding ortho intramolecular Hbond substituents is 1. The Bertz CT molecular complexity index is 568. The van der Waals surface area contributed by atoms with Crippen molar-refractivity contribution in [2.75, 3.05) is 0 Å². The lowest BCUT2D eigenvalue weighted by Gasteiger charge is -2.14. The predicted octanol–water partition coefficient (Wildman–Crippen LogP) is 7.39. The number of primary amides is 1. The number of phenols is 1. The Balaban J connectivity index is 1.98. The number of carbonyl (C=O) groups excluding carboxylic acids is 1. The SMILES string of the molecule is CCCCCCCCC=CCCCCCCCCC(C(N)=O)c1cccc(O)c1. The van der Waals surface area contributed by atoms with Crippen LogP contribution in [0.1, 0.15) is 115 Å². The van der Waals surface area contributed by atoms with Gasteiger partial charge >= 0.3 is 0 Å². The molecule has 0 saturated carbocycles. The largest absolute Gasteiger partial charge is 0.508 e. The third kappa shape index (κ3) is 13.1. The Kier molecular flexibility index (Phi) is 14.9. The fraction of sp³-hybridized carbons (Fsp3) is 0.654. The molecule has 0 heterocycles. The molecule has 0 fully saturated rings. The van der Waals surface area contributed by atoms with Gasteiger partial charge in [-0.05, 0) is 49.8 Å². The number of hydrogen-bond acceptors (Lipinski definition) is 2. The van der Waals surface area contributed by atoms with Gasteiger partial charge in [-0.3, -0.25) is 4.79 Å². The van der Waals surface area contributed by atoms with Gasteiger partial charge in [0.1, 0.15) is 5.75 Å². The van der Waals surface area contributed by atoms with Gasteiger partial charge in [-0.25, -0.2) is 0 Å². The number of carbonyl (C=O) groups is 1. The summed E-state index contributed by atoms with van der Waals surface area (Å²) in [6.45, 7) is 2.27. The molecule has 3 nitrogen and oxygen atoms in total. The molecular formula is C26H43NO2. The Morgan fingerprint density at radius 2 is 1.45 bits per heavy atom. The summed E-state index contributed by atoms with van der Waals surface area (Å²) in [4.78, 5) is 11.7. The quantitative estimate of drug-likeness (QED) is 0.199. The van der Waals surface area contributed by atoms with E-state index in [2.05, 4.69) is 19.1 Å². The van der Waals surface area contributed by atoms with Crippen molar-refractivity contribution in [2.45, 2.75) is 109 Å². The summed E-state index contributed by atoms with van der Waals surface area (Å²) in [5.41, 5.74) is 6.38. The first-order valence-electron chi connectivity index (χ1n) is 11.9. The van der Waals surface area contributed by atoms with Crippen molar-refractivity contribution in [3.8, 4) is 5.75 Å². The van der Waals surface area contributed by atoms with Crippen molar-refractivity contribution >= 4 is 5.91 Å². The Hall–Kier alpha value is -1.77. The van der Waals surface area contributed by atoms with E-state index in [9.17, 15) is 9.90 Å². The van der Waals surface area contributed by atoms with Crippen LogP contribution in [0.2, 0.25) is 0 Å². The minimum absolute atomic E-state index is 0.190. The maximum absolute atomic E-state index is 11.7. The summed E-state index contributed by atoms with van der Waals surface area (Å²) < 4.78 is 0. The molecule has 1 rings (SSSR count). The topological polar surface area (TPSA) is 63.3 Å². The van der Waals surface area contributed by atoms with Gasteiger partial charge < -0.3 is 10.8 Å². The van der Waals surface area contributed by atoms with E-state index in [-0.39, 0.29) is 17.6 Å². The number of benzene rings is 1. The first-order chi connectivity index (χ1) is 14.1. The molecule has 0 bridgehead atoms. The zero-order valence-electron chi connectivity index (χ0n) is 18.6. The van der Waals surface area contributed by atoms with Gasteiger partial charge in [-0.15, -0.1) is 0 Å². The molecule has 3 heteroatoms. The zero-order valence-corrected chi connectivity index (χ0v) is 18.6. The van der Waals surface area contributed by atoms with Crippen LogP contribution in [-0.4, -0.2) is 11.0 Å². The van der Waals surface area contributed by atoms with E-state index >= 15 is 0 Å². The standard InChI is InChI=1S/C26H43NO2/c1-2-3-4-5-6-7-8-9-10-11-12-13-14-15-16-17-21-25(26(27)29)23-19-18-20-24(28)22-23/h9-10,18-20,22,25,28H,2-8,11-17,21H2,1H3,(H2,27,29). The highest BCUT2D eigenvalue weighted by Gasteiger charge is 2.17. The molecule has 1 atom stereocenters. The molecule has 29 heavy (non-hydrogen) atoms. The Labute approximate surface area is 178 Å². The molecule has 0 aliphatic rings. The van der Waals surface area contributed by atoms with Crippen LogP contribution in [0.25, 0.3) is 0 Å². The third-order valence-corrected chi connectivity index (χ3v) is 5.62. The number of nitrogens with two attached hydrogens (primary N) is 1. The molecule has 0 saturated heterocycles. The smallest absolute Gasteiger partial charge is 0.224 e. The predicted molar refractivity (Wildman–Crippen MR) is 124 cm³/mol. The first kappa shape index (κ1) is 25.3. The van der Waals surface area contributed by atoms with Crippen molar-refractivity contribution in [2.24, 2.45) is 5.73 Å². The van der Waals surface area contributed by atoms with Crippen molar-refractivity contribution in [1.29, 1.82) is 0 Å². The van der Waals surface area contributed by atoms with Crippen LogP contribution in [0, 0.1) is 0 Å². The third-order valence-electron chi connectivity index (χ3n) is 5.62. The number of amides is 1. The summed E-state index contributed by atoms with van der Waals surface area (Å²) >= 11 is 0. The molecule has 1 aromatic rings. The summed E-state index contributed by atoms with van der Waals surface area (Å²) in [5, 5.41) is 9.60. The minimum atomic E-state index is -0.302. The van der Waals surface area contributed by atoms with Gasteiger partial charge in [0.05, 0.1) is 5.92 Å². The van der Waals surface area contributed by atoms with E-state index in [0.717, 1.165) is 24.8 Å². The second kappa shape index (κ2) is 17.1. The van der Waals surface area contributed by atoms with Gasteiger partial charge in [0, 0.05) is 0 Å². The molecular weight excluding hydrogens is 358 g/mol. The monoisotopic (exact) mass is 401 g/mol. The van der Waals surface area contributed by atoms with Crippen LogP contribution in [0.5, 0.6) is 5.75 Å². The van der Waals surface area contributed by atoms with Crippen LogP contribution in [0.15, 0.2) is 36.4 Å². The highest BCUT2D eigenvalue weighted by molar-refractivity contribution is 5.82. The highest BCUT2D eigenvalue weighted by Crippen LogP contribution is 2.25. The fourth-order valence-electron chi connectivity index (χ4n) is 3.81. The van der Waals surface area contributed by atoms with Gasteiger partial charge in [0.15, 0.2) is 0 Å². The second-order valence-electron chi connectivity index (χ2n) is 8.28. The van der Waals surface area contributed by atoms with E-state index < -0.39 is 0 Å². The highest BCUT2D eigenvalue weighted by atomic mass is 16.3. The molecule has 1 amide bonds. The second-order valence-corrected chi connectivity index (χ2v) is 8.28. The van der Waals surface area contributed by atoms with E-state index in [4.69, 9.17) is 5.73 Å². The average Bonchev–Trinajstić information content (AvgIpc) is 2.70. The van der Waals surface area contributed by atoms with Crippen LogP contribution < -0.4 is 5.73 Å². The van der Waals surface area contributed by atoms with Gasteiger partial charge in [0.25, 0.3) is 0 Å². The van der Waals surface area contributed by atoms with Crippen LogP contribution in [-0.2, 0) is 4.79 Å². The molecule has 0 radical (unpaired) electrons. The average molecular weight is 402 g/mol. The molecule has 1 unspecified atom stereocenters. The number of hydrogen-bond donors (Lipinski definition) is 2. The summed E-state index contributed by atoms with van der Waals surface area (Å²) in [6.07, 6.45) is 23.4. The van der Waals surface area contributed by atoms with E-state index in [1.165, 1.54) is 77.0 Å². The number of aromatic hydroxyl groups is 1. The summed E-state index contributed by atoms with van der Waals surface area (Å²) in [7, 11) is 0. The van der Waals surface area contributed by atoms with Crippen molar-refractivity contribution in [1.82, 2.24) is 0 Å². The minimum Gasteiger partial charge on any atom is -0.508 e. The Morgan fingerprint density at radius 1 is 0.897 bits per heavy atom. The van der Waals surface area contributed by atoms with E-state index in [1.807, 2.05) is 6.07 Å². The molecule has 3 N–H and O–H groups in total. The Morgan fingerprint density at radius 3 is 2.00 bits per heavy atom. The zero-order chi connectivity index (χ0) is 21.2. The lowest BCUT2D eigenvalue weighted by atomic mass is 9.92. The molecule has 164 valence electrons. The molecule has 0 aliphatic heterocycles. The van der Waals surface area contributed by atoms with Crippen LogP contribution >= 0.6 is 0 Å². The van der Waals surface area contributed by atoms with Crippen molar-refractivity contribution in [3.05, 3.63) is 42.0 Å². The summed E-state index contributed by atoms with van der Waals surface area (Å²) in [5.74, 6) is -0.406. The van der Waals surface area contributed by atoms with Gasteiger partial charge in [-0.2, -0.15) is 0 Å². The lowest BCUT2D eigenvalue weighted by Crippen LogP contribution is -2.21. The molecule has 0 aliphatic carbocycles.